The molecule has 0 saturated heterocycles. The van der Waals surface area contributed by atoms with Crippen molar-refractivity contribution in [3.8, 4) is 0 Å². The lowest BCUT2D eigenvalue weighted by Crippen LogP contribution is -2.29. The van der Waals surface area contributed by atoms with Crippen LogP contribution < -0.4 is 11.3 Å². The van der Waals surface area contributed by atoms with Gasteiger partial charge >= 0.3 is 0 Å². The Morgan fingerprint density at radius 2 is 2.11 bits per heavy atom. The molecule has 0 aliphatic carbocycles. The molecule has 0 radical (unpaired) electrons. The van der Waals surface area contributed by atoms with E-state index in [0.29, 0.717) is 5.02 Å². The monoisotopic (exact) mass is 265 g/mol. The predicted octanol–water partition coefficient (Wildman–Crippen LogP) is 2.74. The fourth-order valence-electron chi connectivity index (χ4n) is 1.89. The summed E-state index contributed by atoms with van der Waals surface area (Å²) < 4.78 is 13.3. The predicted molar refractivity (Wildman–Crippen MR) is 69.6 cm³/mol. The number of aryl methyl sites for hydroxylation is 1. The van der Waals surface area contributed by atoms with Crippen LogP contribution in [0.4, 0.5) is 4.39 Å². The first kappa shape index (κ1) is 13.0. The summed E-state index contributed by atoms with van der Waals surface area (Å²) in [5.74, 6) is 5.27. The van der Waals surface area contributed by atoms with Gasteiger partial charge in [0.2, 0.25) is 0 Å². The summed E-state index contributed by atoms with van der Waals surface area (Å²) >= 11 is 6.09. The summed E-state index contributed by atoms with van der Waals surface area (Å²) in [7, 11) is 0. The molecule has 0 aliphatic rings. The van der Waals surface area contributed by atoms with Crippen LogP contribution in [0.1, 0.15) is 22.7 Å². The number of benzene rings is 1. The molecule has 3 N–H and O–H groups in total. The van der Waals surface area contributed by atoms with Gasteiger partial charge in [0.05, 0.1) is 11.1 Å². The minimum atomic E-state index is -0.365. The van der Waals surface area contributed by atoms with E-state index in [1.807, 2.05) is 6.92 Å². The van der Waals surface area contributed by atoms with E-state index in [4.69, 9.17) is 17.4 Å². The van der Waals surface area contributed by atoms with Crippen LogP contribution in [0.2, 0.25) is 5.02 Å². The molecule has 1 unspecified atom stereocenters. The topological polar surface area (TPSA) is 50.9 Å². The second kappa shape index (κ2) is 5.44. The average Bonchev–Trinajstić information content (AvgIpc) is 2.36. The lowest BCUT2D eigenvalue weighted by Gasteiger charge is -2.20. The highest BCUT2D eigenvalue weighted by molar-refractivity contribution is 6.31. The largest absolute Gasteiger partial charge is 0.271 e. The lowest BCUT2D eigenvalue weighted by molar-refractivity contribution is 0.602. The van der Waals surface area contributed by atoms with Crippen LogP contribution in [0, 0.1) is 12.7 Å². The zero-order chi connectivity index (χ0) is 13.1. The van der Waals surface area contributed by atoms with Crippen LogP contribution in [-0.4, -0.2) is 4.98 Å². The highest BCUT2D eigenvalue weighted by Crippen LogP contribution is 2.29. The molecule has 0 amide bonds. The molecule has 0 bridgehead atoms. The summed E-state index contributed by atoms with van der Waals surface area (Å²) in [6.07, 6.45) is 3.16. The number of nitrogens with two attached hydrogens (primary N) is 1. The van der Waals surface area contributed by atoms with E-state index in [-0.39, 0.29) is 11.9 Å². The Morgan fingerprint density at radius 3 is 2.78 bits per heavy atom. The molecule has 2 aromatic rings. The van der Waals surface area contributed by atoms with Gasteiger partial charge in [-0.3, -0.25) is 10.8 Å². The first-order valence-corrected chi connectivity index (χ1v) is 5.83. The second-order valence-electron chi connectivity index (χ2n) is 4.00. The van der Waals surface area contributed by atoms with Crippen molar-refractivity contribution in [1.82, 2.24) is 10.4 Å². The molecule has 1 heterocycles. The van der Waals surface area contributed by atoms with E-state index >= 15 is 0 Å². The Kier molecular flexibility index (Phi) is 3.91. The molecule has 94 valence electrons. The maximum atomic E-state index is 13.3. The molecule has 18 heavy (non-hydrogen) atoms. The third kappa shape index (κ3) is 2.51. The van der Waals surface area contributed by atoms with Gasteiger partial charge < -0.3 is 0 Å². The molecule has 0 aliphatic heterocycles. The van der Waals surface area contributed by atoms with Gasteiger partial charge in [-0.25, -0.2) is 9.82 Å². The summed E-state index contributed by atoms with van der Waals surface area (Å²) in [6, 6.07) is 5.98. The minimum Gasteiger partial charge on any atom is -0.271 e. The number of hydrogen-bond acceptors (Lipinski definition) is 3. The van der Waals surface area contributed by atoms with Crippen molar-refractivity contribution in [3.63, 3.8) is 0 Å². The van der Waals surface area contributed by atoms with E-state index in [1.54, 1.807) is 18.3 Å². The first-order chi connectivity index (χ1) is 8.63. The van der Waals surface area contributed by atoms with Crippen LogP contribution in [0.5, 0.6) is 0 Å². The van der Waals surface area contributed by atoms with Gasteiger partial charge in [0, 0.05) is 12.4 Å². The summed E-state index contributed by atoms with van der Waals surface area (Å²) in [5.41, 5.74) is 5.12. The Hall–Kier alpha value is -1.49. The number of nitrogens with zero attached hydrogens (tertiary/aromatic N) is 1. The number of rotatable bonds is 3. The Labute approximate surface area is 110 Å². The van der Waals surface area contributed by atoms with E-state index in [0.717, 1.165) is 16.7 Å². The van der Waals surface area contributed by atoms with E-state index < -0.39 is 0 Å². The van der Waals surface area contributed by atoms with Crippen molar-refractivity contribution in [3.05, 3.63) is 64.2 Å². The maximum Gasteiger partial charge on any atom is 0.123 e. The van der Waals surface area contributed by atoms with Crippen molar-refractivity contribution in [2.75, 3.05) is 0 Å². The van der Waals surface area contributed by atoms with Crippen LogP contribution in [0.15, 0.2) is 36.7 Å². The van der Waals surface area contributed by atoms with Crippen molar-refractivity contribution in [2.45, 2.75) is 13.0 Å². The number of pyridine rings is 1. The Balaban J connectivity index is 2.52. The van der Waals surface area contributed by atoms with Crippen molar-refractivity contribution >= 4 is 11.6 Å². The summed E-state index contributed by atoms with van der Waals surface area (Å²) in [5, 5.41) is 0.490. The minimum absolute atomic E-state index is 0.305. The van der Waals surface area contributed by atoms with Gasteiger partial charge in [0.25, 0.3) is 0 Å². The average molecular weight is 266 g/mol. The second-order valence-corrected chi connectivity index (χ2v) is 4.40. The van der Waals surface area contributed by atoms with Gasteiger partial charge in [-0.2, -0.15) is 0 Å². The number of hydrazine groups is 1. The SMILES string of the molecule is Cc1ccc(F)cc1C(NN)c1ccncc1Cl. The molecular weight excluding hydrogens is 253 g/mol. The smallest absolute Gasteiger partial charge is 0.123 e. The van der Waals surface area contributed by atoms with Crippen LogP contribution >= 0.6 is 11.6 Å². The molecule has 2 rings (SSSR count). The van der Waals surface area contributed by atoms with Crippen molar-refractivity contribution < 1.29 is 4.39 Å². The fraction of sp³-hybridized carbons (Fsp3) is 0.154. The third-order valence-electron chi connectivity index (χ3n) is 2.83. The van der Waals surface area contributed by atoms with Crippen LogP contribution in [-0.2, 0) is 0 Å². The summed E-state index contributed by atoms with van der Waals surface area (Å²) in [6.45, 7) is 1.90. The molecule has 1 aromatic heterocycles. The molecule has 1 aromatic carbocycles. The number of halogens is 2. The van der Waals surface area contributed by atoms with Gasteiger partial charge in [-0.05, 0) is 41.8 Å². The molecule has 0 saturated carbocycles. The first-order valence-electron chi connectivity index (χ1n) is 5.45. The standard InChI is InChI=1S/C13H13ClFN3/c1-8-2-3-9(15)6-11(8)13(18-16)10-4-5-17-7-12(10)14/h2-7,13,18H,16H2,1H3. The molecule has 3 nitrogen and oxygen atoms in total. The molecule has 0 spiro atoms. The maximum absolute atomic E-state index is 13.3. The van der Waals surface area contributed by atoms with Crippen LogP contribution in [0.25, 0.3) is 0 Å². The van der Waals surface area contributed by atoms with Crippen LogP contribution in [0.3, 0.4) is 0 Å². The summed E-state index contributed by atoms with van der Waals surface area (Å²) in [4.78, 5) is 3.92. The van der Waals surface area contributed by atoms with Gasteiger partial charge in [-0.1, -0.05) is 17.7 Å². The van der Waals surface area contributed by atoms with E-state index in [1.165, 1.54) is 18.3 Å². The van der Waals surface area contributed by atoms with Gasteiger partial charge in [0.15, 0.2) is 0 Å². The number of aromatic nitrogens is 1. The van der Waals surface area contributed by atoms with Gasteiger partial charge in [-0.15, -0.1) is 0 Å². The zero-order valence-electron chi connectivity index (χ0n) is 9.82. The normalized spacial score (nSPS) is 12.4. The molecular formula is C13H13ClFN3. The highest BCUT2D eigenvalue weighted by atomic mass is 35.5. The molecule has 0 fully saturated rings. The van der Waals surface area contributed by atoms with Crippen molar-refractivity contribution in [1.29, 1.82) is 0 Å². The Bertz CT molecular complexity index is 560. The van der Waals surface area contributed by atoms with E-state index in [9.17, 15) is 4.39 Å². The molecule has 1 atom stereocenters. The lowest BCUT2D eigenvalue weighted by atomic mass is 9.96. The third-order valence-corrected chi connectivity index (χ3v) is 3.15. The Morgan fingerprint density at radius 1 is 1.33 bits per heavy atom. The molecule has 5 heteroatoms. The highest BCUT2D eigenvalue weighted by Gasteiger charge is 2.18. The number of hydrogen-bond donors (Lipinski definition) is 2. The van der Waals surface area contributed by atoms with Crippen molar-refractivity contribution in [2.24, 2.45) is 5.84 Å². The quantitative estimate of drug-likeness (QED) is 0.663. The zero-order valence-corrected chi connectivity index (χ0v) is 10.6. The number of nitrogens with one attached hydrogen (secondary N) is 1. The van der Waals surface area contributed by atoms with Gasteiger partial charge in [0.1, 0.15) is 5.82 Å². The fourth-order valence-corrected chi connectivity index (χ4v) is 2.12. The van der Waals surface area contributed by atoms with E-state index in [2.05, 4.69) is 10.4 Å².